The Morgan fingerprint density at radius 3 is 2.60 bits per heavy atom. The highest BCUT2D eigenvalue weighted by atomic mass is 19.4. The van der Waals surface area contributed by atoms with Crippen LogP contribution in [-0.4, -0.2) is 11.4 Å². The molecule has 1 aromatic carbocycles. The average Bonchev–Trinajstić information content (AvgIpc) is 2.14. The first-order valence-corrected chi connectivity index (χ1v) is 4.35. The monoisotopic (exact) mass is 220 g/mol. The summed E-state index contributed by atoms with van der Waals surface area (Å²) in [7, 11) is 0. The van der Waals surface area contributed by atoms with Crippen LogP contribution >= 0.6 is 0 Å². The van der Waals surface area contributed by atoms with Crippen molar-refractivity contribution in [2.75, 3.05) is 0 Å². The van der Waals surface area contributed by atoms with Gasteiger partial charge in [-0.25, -0.2) is 0 Å². The minimum absolute atomic E-state index is 0.0401. The summed E-state index contributed by atoms with van der Waals surface area (Å²) in [5.74, 6) is 0. The van der Waals surface area contributed by atoms with Gasteiger partial charge in [0.1, 0.15) is 0 Å². The number of aliphatic hydroxyl groups is 1. The SMILES string of the molecule is CC(O)OCc1cccc(C(F)(F)F)c1. The van der Waals surface area contributed by atoms with Crippen LogP contribution in [0, 0.1) is 0 Å². The molecule has 0 aromatic heterocycles. The number of rotatable bonds is 3. The molecule has 0 aliphatic carbocycles. The molecule has 1 rings (SSSR count). The zero-order valence-electron chi connectivity index (χ0n) is 8.08. The predicted octanol–water partition coefficient (Wildman–Crippen LogP) is 2.56. The van der Waals surface area contributed by atoms with Gasteiger partial charge in [0.25, 0.3) is 0 Å². The van der Waals surface area contributed by atoms with Gasteiger partial charge in [0, 0.05) is 0 Å². The minimum Gasteiger partial charge on any atom is -0.368 e. The first-order chi connectivity index (χ1) is 6.89. The molecular weight excluding hydrogens is 209 g/mol. The highest BCUT2D eigenvalue weighted by molar-refractivity contribution is 5.25. The van der Waals surface area contributed by atoms with Gasteiger partial charge in [-0.3, -0.25) is 0 Å². The van der Waals surface area contributed by atoms with Gasteiger partial charge in [-0.05, 0) is 24.6 Å². The van der Waals surface area contributed by atoms with Crippen molar-refractivity contribution >= 4 is 0 Å². The minimum atomic E-state index is -4.35. The van der Waals surface area contributed by atoms with Gasteiger partial charge in [0.2, 0.25) is 0 Å². The van der Waals surface area contributed by atoms with E-state index in [1.54, 1.807) is 0 Å². The van der Waals surface area contributed by atoms with Crippen molar-refractivity contribution < 1.29 is 23.0 Å². The van der Waals surface area contributed by atoms with E-state index < -0.39 is 18.0 Å². The summed E-state index contributed by atoms with van der Waals surface area (Å²) in [5, 5.41) is 8.80. The van der Waals surface area contributed by atoms with Crippen LogP contribution in [0.3, 0.4) is 0 Å². The van der Waals surface area contributed by atoms with E-state index in [0.717, 1.165) is 12.1 Å². The molecule has 0 amide bonds. The van der Waals surface area contributed by atoms with Crippen molar-refractivity contribution in [1.82, 2.24) is 0 Å². The standard InChI is InChI=1S/C10H11F3O2/c1-7(14)15-6-8-3-2-4-9(5-8)10(11,12)13/h2-5,7,14H,6H2,1H3. The number of alkyl halides is 3. The summed E-state index contributed by atoms with van der Waals surface area (Å²) in [4.78, 5) is 0. The molecule has 5 heteroatoms. The molecule has 1 unspecified atom stereocenters. The van der Waals surface area contributed by atoms with E-state index in [-0.39, 0.29) is 6.61 Å². The van der Waals surface area contributed by atoms with Crippen LogP contribution in [0.4, 0.5) is 13.2 Å². The molecule has 0 bridgehead atoms. The van der Waals surface area contributed by atoms with E-state index >= 15 is 0 Å². The lowest BCUT2D eigenvalue weighted by Gasteiger charge is -2.10. The summed E-state index contributed by atoms with van der Waals surface area (Å²) < 4.78 is 41.6. The van der Waals surface area contributed by atoms with Crippen molar-refractivity contribution in [1.29, 1.82) is 0 Å². The lowest BCUT2D eigenvalue weighted by atomic mass is 10.1. The molecule has 0 aliphatic rings. The lowest BCUT2D eigenvalue weighted by Crippen LogP contribution is -2.08. The first kappa shape index (κ1) is 12.0. The number of hydrogen-bond acceptors (Lipinski definition) is 2. The third kappa shape index (κ3) is 3.89. The predicted molar refractivity (Wildman–Crippen MR) is 47.9 cm³/mol. The van der Waals surface area contributed by atoms with Crippen molar-refractivity contribution in [3.05, 3.63) is 35.4 Å². The number of aliphatic hydroxyl groups excluding tert-OH is 1. The number of halogens is 3. The van der Waals surface area contributed by atoms with E-state index in [9.17, 15) is 13.2 Å². The van der Waals surface area contributed by atoms with Gasteiger partial charge in [0.05, 0.1) is 12.2 Å². The van der Waals surface area contributed by atoms with Crippen molar-refractivity contribution in [2.45, 2.75) is 26.0 Å². The lowest BCUT2D eigenvalue weighted by molar-refractivity contribution is -0.137. The van der Waals surface area contributed by atoms with Crippen LogP contribution in [-0.2, 0) is 17.5 Å². The summed E-state index contributed by atoms with van der Waals surface area (Å²) in [6, 6.07) is 4.81. The molecule has 0 fully saturated rings. The number of ether oxygens (including phenoxy) is 1. The Bertz CT molecular complexity index is 321. The Morgan fingerprint density at radius 2 is 2.07 bits per heavy atom. The van der Waals surface area contributed by atoms with E-state index in [4.69, 9.17) is 9.84 Å². The molecule has 1 N–H and O–H groups in total. The second kappa shape index (κ2) is 4.63. The number of benzene rings is 1. The van der Waals surface area contributed by atoms with Crippen LogP contribution in [0.2, 0.25) is 0 Å². The molecule has 15 heavy (non-hydrogen) atoms. The molecule has 1 atom stereocenters. The number of hydrogen-bond donors (Lipinski definition) is 1. The molecule has 0 radical (unpaired) electrons. The summed E-state index contributed by atoms with van der Waals surface area (Å²) in [5.41, 5.74) is -0.333. The Morgan fingerprint density at radius 1 is 1.40 bits per heavy atom. The molecule has 84 valence electrons. The Hall–Kier alpha value is -1.07. The highest BCUT2D eigenvalue weighted by Crippen LogP contribution is 2.29. The van der Waals surface area contributed by atoms with E-state index in [2.05, 4.69) is 0 Å². The molecular formula is C10H11F3O2. The third-order valence-electron chi connectivity index (χ3n) is 1.75. The fraction of sp³-hybridized carbons (Fsp3) is 0.400. The second-order valence-electron chi connectivity index (χ2n) is 3.11. The highest BCUT2D eigenvalue weighted by Gasteiger charge is 2.30. The quantitative estimate of drug-likeness (QED) is 0.793. The summed E-state index contributed by atoms with van der Waals surface area (Å²) >= 11 is 0. The smallest absolute Gasteiger partial charge is 0.368 e. The maximum absolute atomic E-state index is 12.3. The van der Waals surface area contributed by atoms with Gasteiger partial charge in [-0.2, -0.15) is 13.2 Å². The van der Waals surface area contributed by atoms with Crippen LogP contribution < -0.4 is 0 Å². The van der Waals surface area contributed by atoms with Gasteiger partial charge in [-0.1, -0.05) is 12.1 Å². The topological polar surface area (TPSA) is 29.5 Å². The molecule has 0 saturated carbocycles. The van der Waals surface area contributed by atoms with E-state index in [1.807, 2.05) is 0 Å². The molecule has 0 spiro atoms. The molecule has 1 aromatic rings. The Kier molecular flexibility index (Phi) is 3.71. The van der Waals surface area contributed by atoms with Crippen LogP contribution in [0.25, 0.3) is 0 Å². The second-order valence-corrected chi connectivity index (χ2v) is 3.11. The normalized spacial score (nSPS) is 13.9. The van der Waals surface area contributed by atoms with Crippen molar-refractivity contribution in [3.8, 4) is 0 Å². The largest absolute Gasteiger partial charge is 0.416 e. The van der Waals surface area contributed by atoms with Crippen molar-refractivity contribution in [3.63, 3.8) is 0 Å². The maximum Gasteiger partial charge on any atom is 0.416 e. The van der Waals surface area contributed by atoms with Crippen molar-refractivity contribution in [2.24, 2.45) is 0 Å². The van der Waals surface area contributed by atoms with E-state index in [0.29, 0.717) is 5.56 Å². The Balaban J connectivity index is 2.75. The fourth-order valence-electron chi connectivity index (χ4n) is 1.05. The maximum atomic E-state index is 12.3. The first-order valence-electron chi connectivity index (χ1n) is 4.35. The molecule has 0 saturated heterocycles. The molecule has 0 aliphatic heterocycles. The van der Waals surface area contributed by atoms with Crippen LogP contribution in [0.1, 0.15) is 18.1 Å². The van der Waals surface area contributed by atoms with E-state index in [1.165, 1.54) is 19.1 Å². The zero-order chi connectivity index (χ0) is 11.5. The zero-order valence-corrected chi connectivity index (χ0v) is 8.08. The average molecular weight is 220 g/mol. The fourth-order valence-corrected chi connectivity index (χ4v) is 1.05. The van der Waals surface area contributed by atoms with Gasteiger partial charge in [0.15, 0.2) is 6.29 Å². The molecule has 2 nitrogen and oxygen atoms in total. The third-order valence-corrected chi connectivity index (χ3v) is 1.75. The van der Waals surface area contributed by atoms with Crippen LogP contribution in [0.5, 0.6) is 0 Å². The Labute approximate surface area is 85.3 Å². The van der Waals surface area contributed by atoms with Crippen LogP contribution in [0.15, 0.2) is 24.3 Å². The molecule has 0 heterocycles. The van der Waals surface area contributed by atoms with Gasteiger partial charge in [-0.15, -0.1) is 0 Å². The summed E-state index contributed by atoms with van der Waals surface area (Å²) in [6.45, 7) is 1.36. The van der Waals surface area contributed by atoms with Gasteiger partial charge < -0.3 is 9.84 Å². The summed E-state index contributed by atoms with van der Waals surface area (Å²) in [6.07, 6.45) is -5.33. The van der Waals surface area contributed by atoms with Gasteiger partial charge >= 0.3 is 6.18 Å².